The Morgan fingerprint density at radius 1 is 0.625 bits per heavy atom. The third-order valence-electron chi connectivity index (χ3n) is 6.32. The van der Waals surface area contributed by atoms with E-state index in [2.05, 4.69) is 0 Å². The van der Waals surface area contributed by atoms with Crippen LogP contribution in [0.1, 0.15) is 72.1 Å². The van der Waals surface area contributed by atoms with Gasteiger partial charge in [0.1, 0.15) is 12.2 Å². The molecule has 2 aliphatic rings. The van der Waals surface area contributed by atoms with E-state index in [0.717, 1.165) is 49.7 Å². The molecule has 0 radical (unpaired) electrons. The van der Waals surface area contributed by atoms with Crippen molar-refractivity contribution in [3.63, 3.8) is 0 Å². The fraction of sp³-hybridized carbons (Fsp3) is 0.462. The van der Waals surface area contributed by atoms with Crippen molar-refractivity contribution < 1.29 is 29.3 Å². The molecule has 0 saturated heterocycles. The molecule has 0 amide bonds. The van der Waals surface area contributed by atoms with Gasteiger partial charge in [-0.05, 0) is 73.9 Å². The summed E-state index contributed by atoms with van der Waals surface area (Å²) in [5.74, 6) is -0.747. The van der Waals surface area contributed by atoms with E-state index in [1.807, 2.05) is 24.3 Å². The Morgan fingerprint density at radius 2 is 1.00 bits per heavy atom. The van der Waals surface area contributed by atoms with Crippen molar-refractivity contribution in [3.05, 3.63) is 59.7 Å². The lowest BCUT2D eigenvalue weighted by Crippen LogP contribution is -2.28. The summed E-state index contributed by atoms with van der Waals surface area (Å²) < 4.78 is 11.1. The summed E-state index contributed by atoms with van der Waals surface area (Å²) in [6, 6.07) is 14.3. The molecule has 2 aliphatic carbocycles. The van der Waals surface area contributed by atoms with Crippen LogP contribution in [0.5, 0.6) is 0 Å². The van der Waals surface area contributed by atoms with E-state index in [9.17, 15) is 19.8 Å². The number of carbonyl (C=O) groups is 2. The van der Waals surface area contributed by atoms with Gasteiger partial charge < -0.3 is 19.7 Å². The average Bonchev–Trinajstić information content (AvgIpc) is 2.79. The molecule has 2 saturated carbocycles. The highest BCUT2D eigenvalue weighted by atomic mass is 16.5. The zero-order valence-corrected chi connectivity index (χ0v) is 18.1. The first-order chi connectivity index (χ1) is 15.5. The Labute approximate surface area is 188 Å². The standard InChI is InChI=1S/C26H30O6/c27-21-3-1-5-23(15-21)31-25(29)19-11-7-17(8-12-19)18-9-13-20(14-10-18)26(30)32-24-6-2-4-22(28)16-24/h7-14,21-24,27-28H,1-6,15-16H2. The van der Waals surface area contributed by atoms with Gasteiger partial charge >= 0.3 is 11.9 Å². The first-order valence-corrected chi connectivity index (χ1v) is 11.5. The fourth-order valence-corrected chi connectivity index (χ4v) is 4.49. The van der Waals surface area contributed by atoms with E-state index < -0.39 is 12.2 Å². The van der Waals surface area contributed by atoms with E-state index in [0.29, 0.717) is 24.0 Å². The minimum atomic E-state index is -0.390. The van der Waals surface area contributed by atoms with Gasteiger partial charge in [-0.3, -0.25) is 0 Å². The number of carbonyl (C=O) groups excluding carboxylic acids is 2. The maximum absolute atomic E-state index is 12.4. The zero-order chi connectivity index (χ0) is 22.5. The van der Waals surface area contributed by atoms with Crippen molar-refractivity contribution in [1.82, 2.24) is 0 Å². The number of hydrogen-bond donors (Lipinski definition) is 2. The van der Waals surface area contributed by atoms with Crippen molar-refractivity contribution in [3.8, 4) is 11.1 Å². The number of rotatable bonds is 5. The molecule has 0 bridgehead atoms. The predicted octanol–water partition coefficient (Wildman–Crippen LogP) is 4.27. The highest BCUT2D eigenvalue weighted by Gasteiger charge is 2.25. The summed E-state index contributed by atoms with van der Waals surface area (Å²) in [5, 5.41) is 19.5. The molecule has 0 heterocycles. The summed E-state index contributed by atoms with van der Waals surface area (Å²) in [4.78, 5) is 24.8. The molecule has 2 aromatic carbocycles. The molecule has 2 fully saturated rings. The Kier molecular flexibility index (Phi) is 7.22. The van der Waals surface area contributed by atoms with Gasteiger partial charge in [-0.15, -0.1) is 0 Å². The quantitative estimate of drug-likeness (QED) is 0.677. The SMILES string of the molecule is O=C(OC1CCCC(O)C1)c1ccc(-c2ccc(C(=O)OC3CCCC(O)C3)cc2)cc1. The molecular weight excluding hydrogens is 408 g/mol. The van der Waals surface area contributed by atoms with Crippen molar-refractivity contribution in [2.45, 2.75) is 75.8 Å². The summed E-state index contributed by atoms with van der Waals surface area (Å²) in [5.41, 5.74) is 2.79. The van der Waals surface area contributed by atoms with Gasteiger partial charge in [0.2, 0.25) is 0 Å². The number of esters is 2. The molecule has 6 heteroatoms. The molecule has 2 N–H and O–H groups in total. The molecule has 170 valence electrons. The smallest absolute Gasteiger partial charge is 0.338 e. The van der Waals surface area contributed by atoms with Gasteiger partial charge in [-0.1, -0.05) is 24.3 Å². The zero-order valence-electron chi connectivity index (χ0n) is 18.1. The van der Waals surface area contributed by atoms with E-state index >= 15 is 0 Å². The molecule has 6 nitrogen and oxygen atoms in total. The van der Waals surface area contributed by atoms with Gasteiger partial charge in [-0.25, -0.2) is 9.59 Å². The molecule has 0 aliphatic heterocycles. The van der Waals surface area contributed by atoms with Gasteiger partial charge in [-0.2, -0.15) is 0 Å². The molecule has 0 spiro atoms. The topological polar surface area (TPSA) is 93.1 Å². The van der Waals surface area contributed by atoms with Crippen LogP contribution in [0, 0.1) is 0 Å². The maximum atomic E-state index is 12.4. The minimum absolute atomic E-state index is 0.227. The van der Waals surface area contributed by atoms with E-state index in [1.165, 1.54) is 0 Å². The molecule has 4 unspecified atom stereocenters. The third kappa shape index (κ3) is 5.75. The second kappa shape index (κ2) is 10.3. The van der Waals surface area contributed by atoms with Crippen LogP contribution < -0.4 is 0 Å². The van der Waals surface area contributed by atoms with Crippen molar-refractivity contribution >= 4 is 11.9 Å². The Bertz CT molecular complexity index is 843. The molecule has 4 atom stereocenters. The second-order valence-corrected chi connectivity index (χ2v) is 8.85. The lowest BCUT2D eigenvalue weighted by Gasteiger charge is -2.25. The number of benzene rings is 2. The molecule has 2 aromatic rings. The number of ether oxygens (including phenoxy) is 2. The highest BCUT2D eigenvalue weighted by molar-refractivity contribution is 5.91. The van der Waals surface area contributed by atoms with Crippen LogP contribution in [0.3, 0.4) is 0 Å². The van der Waals surface area contributed by atoms with Crippen LogP contribution in [-0.4, -0.2) is 46.6 Å². The minimum Gasteiger partial charge on any atom is -0.459 e. The lowest BCUT2D eigenvalue weighted by atomic mass is 9.95. The molecule has 4 rings (SSSR count). The highest BCUT2D eigenvalue weighted by Crippen LogP contribution is 2.25. The number of aliphatic hydroxyl groups excluding tert-OH is 2. The first kappa shape index (κ1) is 22.5. The largest absolute Gasteiger partial charge is 0.459 e. The average molecular weight is 439 g/mol. The fourth-order valence-electron chi connectivity index (χ4n) is 4.49. The van der Waals surface area contributed by atoms with Crippen molar-refractivity contribution in [2.24, 2.45) is 0 Å². The summed E-state index contributed by atoms with van der Waals surface area (Å²) >= 11 is 0. The van der Waals surface area contributed by atoms with E-state index in [1.54, 1.807) is 24.3 Å². The van der Waals surface area contributed by atoms with Gasteiger partial charge in [0.05, 0.1) is 23.3 Å². The van der Waals surface area contributed by atoms with Crippen LogP contribution in [0.25, 0.3) is 11.1 Å². The lowest BCUT2D eigenvalue weighted by molar-refractivity contribution is -0.00338. The molecular formula is C26H30O6. The number of aliphatic hydroxyl groups is 2. The second-order valence-electron chi connectivity index (χ2n) is 8.85. The summed E-state index contributed by atoms with van der Waals surface area (Å²) in [7, 11) is 0. The van der Waals surface area contributed by atoms with Gasteiger partial charge in [0.25, 0.3) is 0 Å². The van der Waals surface area contributed by atoms with Crippen molar-refractivity contribution in [2.75, 3.05) is 0 Å². The first-order valence-electron chi connectivity index (χ1n) is 11.5. The summed E-state index contributed by atoms with van der Waals surface area (Å²) in [6.45, 7) is 0. The van der Waals surface area contributed by atoms with Crippen molar-refractivity contribution in [1.29, 1.82) is 0 Å². The Hall–Kier alpha value is -2.70. The van der Waals surface area contributed by atoms with Gasteiger partial charge in [0, 0.05) is 12.8 Å². The Balaban J connectivity index is 1.34. The van der Waals surface area contributed by atoms with Crippen LogP contribution in [-0.2, 0) is 9.47 Å². The monoisotopic (exact) mass is 438 g/mol. The maximum Gasteiger partial charge on any atom is 0.338 e. The summed E-state index contributed by atoms with van der Waals surface area (Å²) in [6.07, 6.45) is 4.61. The van der Waals surface area contributed by atoms with Gasteiger partial charge in [0.15, 0.2) is 0 Å². The molecule has 32 heavy (non-hydrogen) atoms. The van der Waals surface area contributed by atoms with E-state index in [4.69, 9.17) is 9.47 Å². The predicted molar refractivity (Wildman–Crippen MR) is 119 cm³/mol. The third-order valence-corrected chi connectivity index (χ3v) is 6.32. The van der Waals surface area contributed by atoms with Crippen LogP contribution in [0.2, 0.25) is 0 Å². The Morgan fingerprint density at radius 3 is 1.34 bits per heavy atom. The van der Waals surface area contributed by atoms with Crippen LogP contribution in [0.4, 0.5) is 0 Å². The molecule has 0 aromatic heterocycles. The van der Waals surface area contributed by atoms with E-state index in [-0.39, 0.29) is 24.1 Å². The number of hydrogen-bond acceptors (Lipinski definition) is 6. The normalized spacial score (nSPS) is 25.7. The van der Waals surface area contributed by atoms with Crippen LogP contribution in [0.15, 0.2) is 48.5 Å². The van der Waals surface area contributed by atoms with Crippen LogP contribution >= 0.6 is 0 Å².